The number of aromatic nitrogens is 2. The zero-order chi connectivity index (χ0) is 15.0. The van der Waals surface area contributed by atoms with E-state index in [0.29, 0.717) is 12.1 Å². The zero-order valence-corrected chi connectivity index (χ0v) is 13.4. The van der Waals surface area contributed by atoms with Crippen molar-refractivity contribution in [2.75, 3.05) is 7.11 Å². The fourth-order valence-electron chi connectivity index (χ4n) is 3.42. The van der Waals surface area contributed by atoms with Crippen molar-refractivity contribution >= 4 is 10.9 Å². The lowest BCUT2D eigenvalue weighted by Gasteiger charge is -2.51. The number of ether oxygens (including phenoxy) is 1. The molecular formula is C17H25N3O. The standard InChI is InChI=1S/C17H25N3O/c1-5-20-14-9-7-6-8-12(14)13(19-20)11-18-15-10-16(21-4)17(15,2)3/h6-9,15-16,18H,5,10-11H2,1-4H3. The van der Waals surface area contributed by atoms with E-state index >= 15 is 0 Å². The molecule has 0 spiro atoms. The van der Waals surface area contributed by atoms with Crippen molar-refractivity contribution in [2.24, 2.45) is 5.41 Å². The summed E-state index contributed by atoms with van der Waals surface area (Å²) in [5.41, 5.74) is 2.56. The van der Waals surface area contributed by atoms with Crippen LogP contribution in [0.4, 0.5) is 0 Å². The van der Waals surface area contributed by atoms with Gasteiger partial charge in [0.1, 0.15) is 0 Å². The van der Waals surface area contributed by atoms with E-state index in [9.17, 15) is 0 Å². The van der Waals surface area contributed by atoms with Gasteiger partial charge in [0.25, 0.3) is 0 Å². The van der Waals surface area contributed by atoms with Crippen LogP contribution in [0.25, 0.3) is 10.9 Å². The summed E-state index contributed by atoms with van der Waals surface area (Å²) in [6.45, 7) is 8.39. The molecule has 0 aliphatic heterocycles. The number of para-hydroxylation sites is 1. The van der Waals surface area contributed by atoms with E-state index in [1.807, 2.05) is 0 Å². The fraction of sp³-hybridized carbons (Fsp3) is 0.588. The van der Waals surface area contributed by atoms with Crippen LogP contribution in [0.3, 0.4) is 0 Å². The van der Waals surface area contributed by atoms with Gasteiger partial charge < -0.3 is 10.1 Å². The SMILES string of the molecule is CCn1nc(CNC2CC(OC)C2(C)C)c2ccccc21. The molecule has 4 heteroatoms. The molecule has 114 valence electrons. The molecule has 1 aliphatic carbocycles. The highest BCUT2D eigenvalue weighted by atomic mass is 16.5. The Bertz CT molecular complexity index is 632. The summed E-state index contributed by atoms with van der Waals surface area (Å²) >= 11 is 0. The molecule has 4 nitrogen and oxygen atoms in total. The van der Waals surface area contributed by atoms with Gasteiger partial charge in [0.2, 0.25) is 0 Å². The van der Waals surface area contributed by atoms with E-state index in [0.717, 1.165) is 25.2 Å². The molecule has 0 saturated heterocycles. The van der Waals surface area contributed by atoms with Gasteiger partial charge in [-0.2, -0.15) is 5.10 Å². The smallest absolute Gasteiger partial charge is 0.0841 e. The number of aryl methyl sites for hydroxylation is 1. The van der Waals surface area contributed by atoms with Crippen LogP contribution in [-0.2, 0) is 17.8 Å². The summed E-state index contributed by atoms with van der Waals surface area (Å²) in [6.07, 6.45) is 1.44. The van der Waals surface area contributed by atoms with Crippen LogP contribution in [0.1, 0.15) is 32.9 Å². The first-order valence-electron chi connectivity index (χ1n) is 7.78. The van der Waals surface area contributed by atoms with Gasteiger partial charge in [0.05, 0.1) is 17.3 Å². The first-order chi connectivity index (χ1) is 10.1. The lowest BCUT2D eigenvalue weighted by atomic mass is 9.64. The Kier molecular flexibility index (Phi) is 3.76. The van der Waals surface area contributed by atoms with Crippen molar-refractivity contribution in [3.05, 3.63) is 30.0 Å². The maximum Gasteiger partial charge on any atom is 0.0841 e. The van der Waals surface area contributed by atoms with Gasteiger partial charge in [-0.1, -0.05) is 32.0 Å². The van der Waals surface area contributed by atoms with E-state index in [4.69, 9.17) is 9.84 Å². The molecule has 1 aromatic carbocycles. The number of hydrogen-bond acceptors (Lipinski definition) is 3. The Morgan fingerprint density at radius 1 is 1.38 bits per heavy atom. The first kappa shape index (κ1) is 14.5. The summed E-state index contributed by atoms with van der Waals surface area (Å²) in [4.78, 5) is 0. The molecule has 2 unspecified atom stereocenters. The minimum atomic E-state index is 0.192. The minimum absolute atomic E-state index is 0.192. The predicted octanol–water partition coefficient (Wildman–Crippen LogP) is 2.96. The highest BCUT2D eigenvalue weighted by Crippen LogP contribution is 2.42. The van der Waals surface area contributed by atoms with Gasteiger partial charge >= 0.3 is 0 Å². The van der Waals surface area contributed by atoms with Crippen LogP contribution in [0.2, 0.25) is 0 Å². The van der Waals surface area contributed by atoms with Crippen LogP contribution in [0.15, 0.2) is 24.3 Å². The average molecular weight is 287 g/mol. The van der Waals surface area contributed by atoms with Crippen LogP contribution >= 0.6 is 0 Å². The Balaban J connectivity index is 1.75. The molecule has 0 radical (unpaired) electrons. The molecule has 1 N–H and O–H groups in total. The van der Waals surface area contributed by atoms with Crippen molar-refractivity contribution in [2.45, 2.75) is 52.4 Å². The molecule has 1 saturated carbocycles. The van der Waals surface area contributed by atoms with Gasteiger partial charge in [-0.3, -0.25) is 4.68 Å². The zero-order valence-electron chi connectivity index (χ0n) is 13.4. The quantitative estimate of drug-likeness (QED) is 0.919. The number of benzene rings is 1. The van der Waals surface area contributed by atoms with Crippen molar-refractivity contribution < 1.29 is 4.74 Å². The Morgan fingerprint density at radius 3 is 2.81 bits per heavy atom. The van der Waals surface area contributed by atoms with Crippen molar-refractivity contribution in [3.63, 3.8) is 0 Å². The molecule has 0 bridgehead atoms. The number of hydrogen-bond donors (Lipinski definition) is 1. The van der Waals surface area contributed by atoms with Gasteiger partial charge in [-0.25, -0.2) is 0 Å². The number of nitrogens with zero attached hydrogens (tertiary/aromatic N) is 2. The van der Waals surface area contributed by atoms with Crippen molar-refractivity contribution in [1.29, 1.82) is 0 Å². The highest BCUT2D eigenvalue weighted by Gasteiger charge is 2.48. The summed E-state index contributed by atoms with van der Waals surface area (Å²) in [7, 11) is 1.80. The summed E-state index contributed by atoms with van der Waals surface area (Å²) in [5.74, 6) is 0. The molecule has 1 fully saturated rings. The summed E-state index contributed by atoms with van der Waals surface area (Å²) < 4.78 is 7.60. The largest absolute Gasteiger partial charge is 0.381 e. The lowest BCUT2D eigenvalue weighted by molar-refractivity contribution is -0.0979. The van der Waals surface area contributed by atoms with Gasteiger partial charge in [-0.15, -0.1) is 0 Å². The minimum Gasteiger partial charge on any atom is -0.381 e. The molecule has 2 atom stereocenters. The Labute approximate surface area is 126 Å². The molecule has 1 aliphatic rings. The van der Waals surface area contributed by atoms with Crippen LogP contribution in [-0.4, -0.2) is 29.0 Å². The van der Waals surface area contributed by atoms with E-state index < -0.39 is 0 Å². The third kappa shape index (κ3) is 2.36. The Morgan fingerprint density at radius 2 is 2.14 bits per heavy atom. The third-order valence-electron chi connectivity index (χ3n) is 5.01. The van der Waals surface area contributed by atoms with Gasteiger partial charge in [0.15, 0.2) is 0 Å². The van der Waals surface area contributed by atoms with E-state index in [-0.39, 0.29) is 5.41 Å². The summed E-state index contributed by atoms with van der Waals surface area (Å²) in [5, 5.41) is 9.67. The number of fused-ring (bicyclic) bond motifs is 1. The second-order valence-corrected chi connectivity index (χ2v) is 6.49. The monoisotopic (exact) mass is 287 g/mol. The van der Waals surface area contributed by atoms with Gasteiger partial charge in [0, 0.05) is 37.0 Å². The topological polar surface area (TPSA) is 39.1 Å². The maximum absolute atomic E-state index is 5.52. The normalized spacial score (nSPS) is 24.2. The fourth-order valence-corrected chi connectivity index (χ4v) is 3.42. The highest BCUT2D eigenvalue weighted by molar-refractivity contribution is 5.81. The van der Waals surface area contributed by atoms with E-state index in [1.54, 1.807) is 7.11 Å². The van der Waals surface area contributed by atoms with Crippen LogP contribution in [0, 0.1) is 5.41 Å². The van der Waals surface area contributed by atoms with Crippen LogP contribution < -0.4 is 5.32 Å². The molecule has 1 heterocycles. The lowest BCUT2D eigenvalue weighted by Crippen LogP contribution is -2.60. The molecule has 21 heavy (non-hydrogen) atoms. The van der Waals surface area contributed by atoms with E-state index in [2.05, 4.69) is 55.0 Å². The molecular weight excluding hydrogens is 262 g/mol. The average Bonchev–Trinajstić information content (AvgIpc) is 2.85. The van der Waals surface area contributed by atoms with E-state index in [1.165, 1.54) is 10.9 Å². The third-order valence-corrected chi connectivity index (χ3v) is 5.01. The molecule has 3 rings (SSSR count). The molecule has 1 aromatic heterocycles. The Hall–Kier alpha value is -1.39. The van der Waals surface area contributed by atoms with Crippen molar-refractivity contribution in [1.82, 2.24) is 15.1 Å². The van der Waals surface area contributed by atoms with Gasteiger partial charge in [-0.05, 0) is 19.4 Å². The number of nitrogens with one attached hydrogen (secondary N) is 1. The number of methoxy groups -OCH3 is 1. The summed E-state index contributed by atoms with van der Waals surface area (Å²) in [6, 6.07) is 8.96. The second-order valence-electron chi connectivity index (χ2n) is 6.49. The van der Waals surface area contributed by atoms with Crippen molar-refractivity contribution in [3.8, 4) is 0 Å². The second kappa shape index (κ2) is 5.43. The predicted molar refractivity (Wildman–Crippen MR) is 85.2 cm³/mol. The maximum atomic E-state index is 5.52. The molecule has 0 amide bonds. The molecule has 2 aromatic rings. The first-order valence-corrected chi connectivity index (χ1v) is 7.78. The van der Waals surface area contributed by atoms with Crippen LogP contribution in [0.5, 0.6) is 0 Å². The number of rotatable bonds is 5.